The standard InChI is InChI=1S/C14H12ClNO3S/c1-8-6-7-20-12(8)13(17)16-11(14(18)19)9-4-2-3-5-10(9)15/h2-7,11H,1H3,(H,16,17)(H,18,19)/t11-/m1/s1. The summed E-state index contributed by atoms with van der Waals surface area (Å²) in [6, 6.07) is 7.20. The van der Waals surface area contributed by atoms with E-state index >= 15 is 0 Å². The van der Waals surface area contributed by atoms with E-state index in [4.69, 9.17) is 11.6 Å². The Kier molecular flexibility index (Phi) is 4.42. The maximum Gasteiger partial charge on any atom is 0.330 e. The molecule has 0 unspecified atom stereocenters. The molecule has 1 heterocycles. The summed E-state index contributed by atoms with van der Waals surface area (Å²) in [5.74, 6) is -1.56. The molecule has 0 fully saturated rings. The fourth-order valence-corrected chi connectivity index (χ4v) is 2.86. The summed E-state index contributed by atoms with van der Waals surface area (Å²) in [5.41, 5.74) is 1.18. The van der Waals surface area contributed by atoms with Gasteiger partial charge in [-0.15, -0.1) is 11.3 Å². The van der Waals surface area contributed by atoms with Crippen LogP contribution in [0.15, 0.2) is 35.7 Å². The van der Waals surface area contributed by atoms with Crippen molar-refractivity contribution in [3.63, 3.8) is 0 Å². The van der Waals surface area contributed by atoms with E-state index in [1.807, 2.05) is 6.07 Å². The number of carboxylic acids is 1. The largest absolute Gasteiger partial charge is 0.479 e. The van der Waals surface area contributed by atoms with Crippen molar-refractivity contribution in [1.82, 2.24) is 5.32 Å². The zero-order valence-electron chi connectivity index (χ0n) is 10.6. The number of halogens is 1. The van der Waals surface area contributed by atoms with E-state index < -0.39 is 17.9 Å². The average Bonchev–Trinajstić information content (AvgIpc) is 2.83. The zero-order chi connectivity index (χ0) is 14.7. The van der Waals surface area contributed by atoms with Crippen LogP contribution in [0.1, 0.15) is 26.8 Å². The van der Waals surface area contributed by atoms with Crippen LogP contribution in [0.3, 0.4) is 0 Å². The van der Waals surface area contributed by atoms with Crippen molar-refractivity contribution in [3.05, 3.63) is 56.7 Å². The molecule has 1 aromatic heterocycles. The summed E-state index contributed by atoms with van der Waals surface area (Å²) in [7, 11) is 0. The van der Waals surface area contributed by atoms with E-state index in [-0.39, 0.29) is 0 Å². The summed E-state index contributed by atoms with van der Waals surface area (Å²) in [6.45, 7) is 1.80. The third-order valence-corrected chi connectivity index (χ3v) is 4.17. The fraction of sp³-hybridized carbons (Fsp3) is 0.143. The van der Waals surface area contributed by atoms with Gasteiger partial charge < -0.3 is 10.4 Å². The summed E-state index contributed by atoms with van der Waals surface area (Å²) >= 11 is 7.26. The number of rotatable bonds is 4. The van der Waals surface area contributed by atoms with E-state index in [0.29, 0.717) is 15.5 Å². The van der Waals surface area contributed by atoms with Crippen LogP contribution in [0.2, 0.25) is 5.02 Å². The summed E-state index contributed by atoms with van der Waals surface area (Å²) in [4.78, 5) is 24.0. The molecule has 2 N–H and O–H groups in total. The molecule has 1 atom stereocenters. The quantitative estimate of drug-likeness (QED) is 0.911. The van der Waals surface area contributed by atoms with Crippen LogP contribution in [0.4, 0.5) is 0 Å². The minimum atomic E-state index is -1.17. The number of carbonyl (C=O) groups excluding carboxylic acids is 1. The van der Waals surface area contributed by atoms with Gasteiger partial charge in [0, 0.05) is 10.6 Å². The highest BCUT2D eigenvalue weighted by atomic mass is 35.5. The molecule has 20 heavy (non-hydrogen) atoms. The van der Waals surface area contributed by atoms with Gasteiger partial charge in [0.2, 0.25) is 0 Å². The molecule has 0 saturated heterocycles. The van der Waals surface area contributed by atoms with Gasteiger partial charge in [0.05, 0.1) is 4.88 Å². The minimum Gasteiger partial charge on any atom is -0.479 e. The predicted molar refractivity (Wildman–Crippen MR) is 78.4 cm³/mol. The number of thiophene rings is 1. The van der Waals surface area contributed by atoms with Crippen molar-refractivity contribution in [2.45, 2.75) is 13.0 Å². The Morgan fingerprint density at radius 1 is 1.30 bits per heavy atom. The van der Waals surface area contributed by atoms with Crippen molar-refractivity contribution >= 4 is 34.8 Å². The molecule has 2 rings (SSSR count). The lowest BCUT2D eigenvalue weighted by molar-refractivity contribution is -0.139. The second-order valence-corrected chi connectivity index (χ2v) is 5.52. The number of aliphatic carboxylic acids is 1. The molecule has 0 radical (unpaired) electrons. The number of hydrogen-bond acceptors (Lipinski definition) is 3. The van der Waals surface area contributed by atoms with Gasteiger partial charge in [0.15, 0.2) is 6.04 Å². The second-order valence-electron chi connectivity index (χ2n) is 4.20. The molecule has 0 spiro atoms. The molecular weight excluding hydrogens is 298 g/mol. The van der Waals surface area contributed by atoms with E-state index in [0.717, 1.165) is 5.56 Å². The van der Waals surface area contributed by atoms with Crippen LogP contribution in [-0.4, -0.2) is 17.0 Å². The van der Waals surface area contributed by atoms with Crippen molar-refractivity contribution in [2.75, 3.05) is 0 Å². The molecule has 0 aliphatic rings. The van der Waals surface area contributed by atoms with Crippen molar-refractivity contribution in [3.8, 4) is 0 Å². The first-order chi connectivity index (χ1) is 9.50. The van der Waals surface area contributed by atoms with Gasteiger partial charge in [-0.25, -0.2) is 4.79 Å². The van der Waals surface area contributed by atoms with Crippen LogP contribution in [0, 0.1) is 6.92 Å². The third-order valence-electron chi connectivity index (χ3n) is 2.81. The molecule has 6 heteroatoms. The van der Waals surface area contributed by atoms with Crippen molar-refractivity contribution in [1.29, 1.82) is 0 Å². The Hall–Kier alpha value is -1.85. The summed E-state index contributed by atoms with van der Waals surface area (Å²) in [5, 5.41) is 13.9. The van der Waals surface area contributed by atoms with E-state index in [2.05, 4.69) is 5.32 Å². The lowest BCUT2D eigenvalue weighted by Crippen LogP contribution is -2.33. The van der Waals surface area contributed by atoms with Gasteiger partial charge in [-0.05, 0) is 30.0 Å². The highest BCUT2D eigenvalue weighted by molar-refractivity contribution is 7.12. The summed E-state index contributed by atoms with van der Waals surface area (Å²) < 4.78 is 0. The monoisotopic (exact) mass is 309 g/mol. The molecular formula is C14H12ClNO3S. The number of carbonyl (C=O) groups is 2. The van der Waals surface area contributed by atoms with Crippen LogP contribution in [-0.2, 0) is 4.79 Å². The van der Waals surface area contributed by atoms with Crippen molar-refractivity contribution in [2.24, 2.45) is 0 Å². The smallest absolute Gasteiger partial charge is 0.330 e. The number of carboxylic acid groups (broad SMARTS) is 1. The Labute approximate surface area is 125 Å². The first kappa shape index (κ1) is 14.6. The Balaban J connectivity index is 2.28. The number of aryl methyl sites for hydroxylation is 1. The Morgan fingerprint density at radius 2 is 2.00 bits per heavy atom. The normalized spacial score (nSPS) is 11.9. The average molecular weight is 310 g/mol. The molecule has 0 bridgehead atoms. The molecule has 0 aliphatic carbocycles. The number of benzene rings is 1. The van der Waals surface area contributed by atoms with E-state index in [1.54, 1.807) is 36.6 Å². The SMILES string of the molecule is Cc1ccsc1C(=O)N[C@@H](C(=O)O)c1ccccc1Cl. The number of nitrogens with one attached hydrogen (secondary N) is 1. The number of amides is 1. The first-order valence-corrected chi connectivity index (χ1v) is 7.08. The van der Waals surface area contributed by atoms with Gasteiger partial charge in [-0.1, -0.05) is 29.8 Å². The van der Waals surface area contributed by atoms with Gasteiger partial charge >= 0.3 is 5.97 Å². The highest BCUT2D eigenvalue weighted by Crippen LogP contribution is 2.24. The number of hydrogen-bond donors (Lipinski definition) is 2. The predicted octanol–water partition coefficient (Wildman–Crippen LogP) is 3.27. The van der Waals surface area contributed by atoms with E-state index in [1.165, 1.54) is 11.3 Å². The molecule has 104 valence electrons. The molecule has 2 aromatic rings. The van der Waals surface area contributed by atoms with Gasteiger partial charge in [0.1, 0.15) is 0 Å². The fourth-order valence-electron chi connectivity index (χ4n) is 1.78. The topological polar surface area (TPSA) is 66.4 Å². The van der Waals surface area contributed by atoms with Crippen molar-refractivity contribution < 1.29 is 14.7 Å². The lowest BCUT2D eigenvalue weighted by Gasteiger charge is -2.16. The molecule has 1 aromatic carbocycles. The highest BCUT2D eigenvalue weighted by Gasteiger charge is 2.25. The van der Waals surface area contributed by atoms with Crippen LogP contribution in [0.5, 0.6) is 0 Å². The minimum absolute atomic E-state index is 0.308. The molecule has 4 nitrogen and oxygen atoms in total. The Morgan fingerprint density at radius 3 is 2.55 bits per heavy atom. The first-order valence-electron chi connectivity index (χ1n) is 5.83. The van der Waals surface area contributed by atoms with Crippen LogP contribution >= 0.6 is 22.9 Å². The molecule has 0 aliphatic heterocycles. The zero-order valence-corrected chi connectivity index (χ0v) is 12.2. The van der Waals surface area contributed by atoms with Gasteiger partial charge in [-0.3, -0.25) is 4.79 Å². The lowest BCUT2D eigenvalue weighted by atomic mass is 10.1. The maximum absolute atomic E-state index is 12.1. The van der Waals surface area contributed by atoms with Gasteiger partial charge in [-0.2, -0.15) is 0 Å². The van der Waals surface area contributed by atoms with E-state index in [9.17, 15) is 14.7 Å². The maximum atomic E-state index is 12.1. The molecule has 0 saturated carbocycles. The van der Waals surface area contributed by atoms with Gasteiger partial charge in [0.25, 0.3) is 5.91 Å². The summed E-state index contributed by atoms with van der Waals surface area (Å²) in [6.07, 6.45) is 0. The second kappa shape index (κ2) is 6.07. The van der Waals surface area contributed by atoms with Crippen LogP contribution in [0.25, 0.3) is 0 Å². The van der Waals surface area contributed by atoms with Crippen LogP contribution < -0.4 is 5.32 Å². The third kappa shape index (κ3) is 3.00. The molecule has 1 amide bonds. The Bertz CT molecular complexity index is 653.